The van der Waals surface area contributed by atoms with E-state index in [4.69, 9.17) is 28.4 Å². The lowest BCUT2D eigenvalue weighted by Gasteiger charge is -2.21. The average molecular weight is 1870 g/mol. The number of amides is 2. The van der Waals surface area contributed by atoms with Gasteiger partial charge < -0.3 is 58.3 Å². The maximum atomic E-state index is 13.1. The van der Waals surface area contributed by atoms with Gasteiger partial charge in [-0.2, -0.15) is 0 Å². The molecule has 0 heterocycles. The smallest absolute Gasteiger partial charge is 0.337 e. The van der Waals surface area contributed by atoms with E-state index in [0.717, 1.165) is 124 Å². The van der Waals surface area contributed by atoms with Crippen LogP contribution < -0.4 is 23.7 Å². The molecule has 140 heavy (non-hydrogen) atoms. The minimum atomic E-state index is -1.03. The number of unbranched alkanes of at least 4 members (excludes halogenated alkanes) is 3. The fourth-order valence-electron chi connectivity index (χ4n) is 16.6. The molecule has 0 bridgehead atoms. The Labute approximate surface area is 819 Å². The molecule has 0 spiro atoms. The van der Waals surface area contributed by atoms with Crippen LogP contribution in [0.1, 0.15) is 152 Å². The van der Waals surface area contributed by atoms with Crippen LogP contribution in [-0.2, 0) is 75.7 Å². The van der Waals surface area contributed by atoms with Crippen LogP contribution in [0.5, 0.6) is 34.5 Å². The Bertz CT molecular complexity index is 6820. The number of rotatable bonds is 40. The summed E-state index contributed by atoms with van der Waals surface area (Å²) in [6.45, 7) is 4.26. The molecule has 18 nitrogen and oxygen atoms in total. The molecule has 0 aliphatic carbocycles. The number of methoxy groups -OCH3 is 2. The summed E-state index contributed by atoms with van der Waals surface area (Å²) in [5.74, 6) is 1.09. The number of Topliss-reactive ketones (excluding diaryl/α,β-unsaturated/α-hetero) is 1. The maximum Gasteiger partial charge on any atom is 0.337 e. The minimum Gasteiger partial charge on any atom is -0.497 e. The SMILES string of the molecule is C.CC(=O)CCCCC(Cc1ccc(CC(=O)N(C)CCc2ccccc2)c2ccccc12)c1ccccc1.CN(CCc1ccccc1)C(=O)Cc1cc(C(=O)O)cc2cc(OCc3ccc(-c4ccccc4)cc3)ccc12.COC(=O)c1cc(CC(=O)O)c2cccc(Oc3ccccc3)c2c1.COc1ccc(/C=C/CCCCOc2cc(C(=O)O)cc3c(OCc4ccccc4)cccc23)cc1. The Balaban J connectivity index is 0.000000169. The normalized spacial score (nSPS) is 11.0. The monoisotopic (exact) mass is 1870 g/mol. The quantitative estimate of drug-likeness (QED) is 0.0239. The molecule has 16 aromatic rings. The standard InChI is InChI=1S/C35H31NO4.C35H39NO2.C31H30O5.C20H16O5.CH4/c1-36(19-18-25-8-4-2-5-9-25)34(37)23-30-21-31(35(38)39)20-29-22-32(16-17-33(29)30)40-24-26-12-14-28(15-13-26)27-10-6-3-7-11-27;1-27(37)13-9-10-18-30(29-16-7-4-8-17-29)25-31-21-22-32(34-20-12-11-19-33(31)34)26-35(38)36(2)24-23-28-14-5-3-6-15-28;1-34-26-17-15-23(16-18-26)10-5-2-3-8-19-35-30-21-25(31(32)33)20-28-27(30)13-9-14-29(28)36-22-24-11-6-4-7-12-24;1-24-20(23)14-10-13(12-19(21)22)16-8-5-9-18(17(16)11-14)25-15-6-3-2-4-7-15;/h2-17,20-22H,18-19,23-24H2,1H3,(H,38,39);3-8,11-12,14-17,19-22,30H,9-10,13,18,23-26H2,1-2H3;4-7,9-18,20-21H,2-3,8,19,22H2,1H3,(H,32,33);2-11H,12H2,1H3,(H,21,22);1H4/b;;10-5+;;. The highest BCUT2D eigenvalue weighted by atomic mass is 16.5. The zero-order chi connectivity index (χ0) is 97.6. The molecule has 0 fully saturated rings. The van der Waals surface area contributed by atoms with E-state index >= 15 is 0 Å². The first-order chi connectivity index (χ1) is 67.7. The maximum absolute atomic E-state index is 13.1. The van der Waals surface area contributed by atoms with E-state index in [-0.39, 0.29) is 54.6 Å². The first kappa shape index (κ1) is 103. The molecule has 18 heteroatoms. The van der Waals surface area contributed by atoms with E-state index in [1.165, 1.54) is 40.1 Å². The van der Waals surface area contributed by atoms with Gasteiger partial charge in [0.2, 0.25) is 11.8 Å². The third-order valence-electron chi connectivity index (χ3n) is 24.2. The Morgan fingerprint density at radius 3 is 1.49 bits per heavy atom. The average Bonchev–Trinajstić information content (AvgIpc) is 0.793. The molecule has 0 radical (unpaired) electrons. The summed E-state index contributed by atoms with van der Waals surface area (Å²) in [6, 6.07) is 116. The van der Waals surface area contributed by atoms with Gasteiger partial charge in [0.05, 0.1) is 56.8 Å². The number of hydrogen-bond donors (Lipinski definition) is 3. The summed E-state index contributed by atoms with van der Waals surface area (Å²) >= 11 is 0. The lowest BCUT2D eigenvalue weighted by Crippen LogP contribution is -2.30. The summed E-state index contributed by atoms with van der Waals surface area (Å²) in [4.78, 5) is 87.9. The Morgan fingerprint density at radius 1 is 0.379 bits per heavy atom. The van der Waals surface area contributed by atoms with Crippen molar-refractivity contribution in [2.45, 2.75) is 117 Å². The van der Waals surface area contributed by atoms with Crippen LogP contribution in [0.25, 0.3) is 60.3 Å². The second-order valence-corrected chi connectivity index (χ2v) is 34.2. The highest BCUT2D eigenvalue weighted by molar-refractivity contribution is 6.03. The molecular weight excluding hydrogens is 1750 g/mol. The number of carbonyl (C=O) groups excluding carboxylic acids is 4. The lowest BCUT2D eigenvalue weighted by atomic mass is 9.85. The van der Waals surface area contributed by atoms with Crippen molar-refractivity contribution >= 4 is 90.6 Å². The molecule has 1 atom stereocenters. The van der Waals surface area contributed by atoms with E-state index in [1.807, 2.05) is 218 Å². The number of fused-ring (bicyclic) bond motifs is 4. The lowest BCUT2D eigenvalue weighted by molar-refractivity contribution is -0.136. The van der Waals surface area contributed by atoms with Crippen molar-refractivity contribution in [3.63, 3.8) is 0 Å². The van der Waals surface area contributed by atoms with Crippen LogP contribution in [0.2, 0.25) is 0 Å². The summed E-state index contributed by atoms with van der Waals surface area (Å²) in [6.07, 6.45) is 13.6. The molecule has 1 unspecified atom stereocenters. The fraction of sp³-hybridized carbons (Fsp3) is 0.205. The largest absolute Gasteiger partial charge is 0.497 e. The number of benzene rings is 16. The third kappa shape index (κ3) is 30.4. The van der Waals surface area contributed by atoms with Crippen LogP contribution in [-0.4, -0.2) is 115 Å². The van der Waals surface area contributed by atoms with E-state index in [9.17, 15) is 48.9 Å². The van der Waals surface area contributed by atoms with Crippen LogP contribution in [0.3, 0.4) is 0 Å². The second-order valence-electron chi connectivity index (χ2n) is 34.2. The Kier molecular flexibility index (Phi) is 38.7. The molecule has 16 aromatic carbocycles. The summed E-state index contributed by atoms with van der Waals surface area (Å²) in [5.41, 5.74) is 13.5. The molecule has 2 amide bonds. The van der Waals surface area contributed by atoms with Crippen LogP contribution >= 0.6 is 0 Å². The van der Waals surface area contributed by atoms with Crippen molar-refractivity contribution in [3.8, 4) is 45.6 Å². The topological polar surface area (TPSA) is 242 Å². The number of aromatic carboxylic acids is 2. The number of hydrogen-bond acceptors (Lipinski definition) is 13. The van der Waals surface area contributed by atoms with Crippen molar-refractivity contribution in [2.24, 2.45) is 0 Å². The van der Waals surface area contributed by atoms with Gasteiger partial charge in [-0.05, 0) is 243 Å². The number of carboxylic acids is 3. The van der Waals surface area contributed by atoms with Crippen molar-refractivity contribution in [3.05, 3.63) is 436 Å². The van der Waals surface area contributed by atoms with Gasteiger partial charge in [-0.3, -0.25) is 14.4 Å². The second kappa shape index (κ2) is 52.8. The highest BCUT2D eigenvalue weighted by Crippen LogP contribution is 2.39. The summed E-state index contributed by atoms with van der Waals surface area (Å²) in [5, 5.41) is 35.5. The van der Waals surface area contributed by atoms with E-state index in [0.29, 0.717) is 96.9 Å². The number of para-hydroxylation sites is 1. The number of ether oxygens (including phenoxy) is 6. The Hall–Kier alpha value is -16.2. The van der Waals surface area contributed by atoms with Crippen molar-refractivity contribution in [1.29, 1.82) is 0 Å². The molecule has 0 aromatic heterocycles. The van der Waals surface area contributed by atoms with Crippen molar-refractivity contribution in [2.75, 3.05) is 48.0 Å². The van der Waals surface area contributed by atoms with Gasteiger partial charge in [0, 0.05) is 49.8 Å². The van der Waals surface area contributed by atoms with Crippen LogP contribution in [0.15, 0.2) is 364 Å². The minimum absolute atomic E-state index is 0. The molecule has 0 aliphatic heterocycles. The molecule has 0 aliphatic rings. The Morgan fingerprint density at radius 2 is 0.879 bits per heavy atom. The van der Waals surface area contributed by atoms with Gasteiger partial charge in [0.25, 0.3) is 0 Å². The molecule has 0 saturated carbocycles. The summed E-state index contributed by atoms with van der Waals surface area (Å²) < 4.78 is 34.0. The number of likely N-dealkylation sites (N-methyl/N-ethyl adjacent to an activating group) is 2. The third-order valence-corrected chi connectivity index (χ3v) is 24.2. The highest BCUT2D eigenvalue weighted by Gasteiger charge is 2.23. The number of aliphatic carboxylic acids is 1. The zero-order valence-electron chi connectivity index (χ0n) is 79.1. The van der Waals surface area contributed by atoms with E-state index in [1.54, 1.807) is 74.5 Å². The fourth-order valence-corrected chi connectivity index (χ4v) is 16.6. The summed E-state index contributed by atoms with van der Waals surface area (Å²) in [7, 11) is 6.63. The van der Waals surface area contributed by atoms with Crippen molar-refractivity contribution < 1.29 is 77.3 Å². The number of allylic oxidation sites excluding steroid dienone is 1. The number of esters is 1. The van der Waals surface area contributed by atoms with E-state index < -0.39 is 23.9 Å². The predicted molar refractivity (Wildman–Crippen MR) is 559 cm³/mol. The molecular formula is C122H120N2O16. The number of carbonyl (C=O) groups is 7. The van der Waals surface area contributed by atoms with Gasteiger partial charge in [-0.25, -0.2) is 14.4 Å². The molecule has 714 valence electrons. The zero-order valence-corrected chi connectivity index (χ0v) is 79.1. The number of carboxylic acid groups (broad SMARTS) is 3. The van der Waals surface area contributed by atoms with Crippen LogP contribution in [0, 0.1) is 0 Å². The first-order valence-corrected chi connectivity index (χ1v) is 46.8. The van der Waals surface area contributed by atoms with E-state index in [2.05, 4.69) is 115 Å². The number of nitrogens with zero attached hydrogens (tertiary/aromatic N) is 2. The van der Waals surface area contributed by atoms with Crippen LogP contribution in [0.4, 0.5) is 0 Å². The van der Waals surface area contributed by atoms with Crippen molar-refractivity contribution in [1.82, 2.24) is 9.80 Å². The number of ketones is 1. The molecule has 0 saturated heterocycles. The van der Waals surface area contributed by atoms with Gasteiger partial charge in [-0.15, -0.1) is 0 Å². The van der Waals surface area contributed by atoms with Gasteiger partial charge >= 0.3 is 23.9 Å². The first-order valence-electron chi connectivity index (χ1n) is 46.8. The van der Waals surface area contributed by atoms with Gasteiger partial charge in [0.1, 0.15) is 53.5 Å². The van der Waals surface area contributed by atoms with Gasteiger partial charge in [-0.1, -0.05) is 299 Å². The molecule has 3 N–H and O–H groups in total. The predicted octanol–water partition coefficient (Wildman–Crippen LogP) is 26.7. The molecule has 16 rings (SSSR count). The van der Waals surface area contributed by atoms with Gasteiger partial charge in [0.15, 0.2) is 0 Å².